The summed E-state index contributed by atoms with van der Waals surface area (Å²) >= 11 is 0. The van der Waals surface area contributed by atoms with Crippen LogP contribution in [0.4, 0.5) is 4.79 Å². The number of amides is 2. The minimum Gasteiger partial charge on any atom is -0.480 e. The number of fused-ring (bicyclic) bond motifs is 1. The normalized spacial score (nSPS) is 21.4. The highest BCUT2D eigenvalue weighted by Gasteiger charge is 2.41. The van der Waals surface area contributed by atoms with Crippen molar-refractivity contribution in [3.8, 4) is 0 Å². The molecule has 26 heavy (non-hydrogen) atoms. The fourth-order valence-electron chi connectivity index (χ4n) is 3.44. The molecule has 138 valence electrons. The Morgan fingerprint density at radius 1 is 1.23 bits per heavy atom. The molecule has 2 heterocycles. The molecular weight excluding hydrogens is 336 g/mol. The van der Waals surface area contributed by atoms with Gasteiger partial charge in [-0.2, -0.15) is 0 Å². The number of carboxylic acids is 1. The van der Waals surface area contributed by atoms with Crippen LogP contribution < -0.4 is 0 Å². The zero-order valence-corrected chi connectivity index (χ0v) is 14.5. The third-order valence-electron chi connectivity index (χ3n) is 4.80. The SMILES string of the molecule is C=CCCC(=O)N1CC(OC(=O)N2Cc3ccccc3C2)C[C@H]1C(=O)O. The number of carbonyl (C=O) groups is 3. The highest BCUT2D eigenvalue weighted by Crippen LogP contribution is 2.26. The Kier molecular flexibility index (Phi) is 5.25. The first kappa shape index (κ1) is 18.0. The van der Waals surface area contributed by atoms with Crippen LogP contribution in [0.3, 0.4) is 0 Å². The van der Waals surface area contributed by atoms with Crippen LogP contribution in [0.1, 0.15) is 30.4 Å². The van der Waals surface area contributed by atoms with E-state index in [0.29, 0.717) is 19.5 Å². The van der Waals surface area contributed by atoms with E-state index in [1.165, 1.54) is 4.90 Å². The fourth-order valence-corrected chi connectivity index (χ4v) is 3.44. The maximum Gasteiger partial charge on any atom is 0.410 e. The average molecular weight is 358 g/mol. The molecule has 1 N–H and O–H groups in total. The van der Waals surface area contributed by atoms with Gasteiger partial charge in [-0.3, -0.25) is 9.69 Å². The molecule has 2 aliphatic heterocycles. The molecule has 1 unspecified atom stereocenters. The van der Waals surface area contributed by atoms with Crippen molar-refractivity contribution in [2.24, 2.45) is 0 Å². The molecular formula is C19H22N2O5. The van der Waals surface area contributed by atoms with Gasteiger partial charge in [-0.15, -0.1) is 6.58 Å². The zero-order valence-electron chi connectivity index (χ0n) is 14.5. The number of allylic oxidation sites excluding steroid dienone is 1. The molecule has 0 spiro atoms. The molecule has 0 radical (unpaired) electrons. The number of hydrogen-bond acceptors (Lipinski definition) is 4. The summed E-state index contributed by atoms with van der Waals surface area (Å²) in [6.45, 7) is 4.63. The van der Waals surface area contributed by atoms with Gasteiger partial charge in [-0.05, 0) is 17.5 Å². The van der Waals surface area contributed by atoms with Crippen molar-refractivity contribution in [2.45, 2.75) is 44.5 Å². The predicted octanol–water partition coefficient (Wildman–Crippen LogP) is 2.16. The first-order chi connectivity index (χ1) is 12.5. The second kappa shape index (κ2) is 7.59. The number of benzene rings is 1. The van der Waals surface area contributed by atoms with Crippen molar-refractivity contribution in [3.05, 3.63) is 48.0 Å². The van der Waals surface area contributed by atoms with Crippen LogP contribution in [0.2, 0.25) is 0 Å². The minimum absolute atomic E-state index is 0.111. The van der Waals surface area contributed by atoms with E-state index < -0.39 is 24.2 Å². The van der Waals surface area contributed by atoms with Crippen LogP contribution in [0.5, 0.6) is 0 Å². The van der Waals surface area contributed by atoms with Gasteiger partial charge in [0.15, 0.2) is 0 Å². The standard InChI is InChI=1S/C19H22N2O5/c1-2-3-8-17(22)21-12-15(9-16(21)18(23)24)26-19(25)20-10-13-6-4-5-7-14(13)11-20/h2,4-7,15-16H,1,3,8-12H2,(H,23,24)/t15?,16-/m0/s1. The van der Waals surface area contributed by atoms with Crippen molar-refractivity contribution in [2.75, 3.05) is 6.54 Å². The van der Waals surface area contributed by atoms with Crippen LogP contribution >= 0.6 is 0 Å². The molecule has 1 fully saturated rings. The second-order valence-electron chi connectivity index (χ2n) is 6.59. The monoisotopic (exact) mass is 358 g/mol. The van der Waals surface area contributed by atoms with Gasteiger partial charge < -0.3 is 14.7 Å². The molecule has 2 amide bonds. The molecule has 0 saturated carbocycles. The zero-order chi connectivity index (χ0) is 18.7. The van der Waals surface area contributed by atoms with Crippen LogP contribution in [0, 0.1) is 0 Å². The van der Waals surface area contributed by atoms with E-state index in [4.69, 9.17) is 4.74 Å². The maximum absolute atomic E-state index is 12.4. The summed E-state index contributed by atoms with van der Waals surface area (Å²) in [5, 5.41) is 9.37. The molecule has 7 heteroatoms. The fraction of sp³-hybridized carbons (Fsp3) is 0.421. The first-order valence-electron chi connectivity index (χ1n) is 8.65. The lowest BCUT2D eigenvalue weighted by atomic mass is 10.1. The summed E-state index contributed by atoms with van der Waals surface area (Å²) in [7, 11) is 0. The van der Waals surface area contributed by atoms with E-state index in [2.05, 4.69) is 6.58 Å². The summed E-state index contributed by atoms with van der Waals surface area (Å²) in [5.74, 6) is -1.34. The first-order valence-corrected chi connectivity index (χ1v) is 8.65. The number of aliphatic carboxylic acids is 1. The number of nitrogens with zero attached hydrogens (tertiary/aromatic N) is 2. The maximum atomic E-state index is 12.4. The molecule has 1 aromatic carbocycles. The lowest BCUT2D eigenvalue weighted by Crippen LogP contribution is -2.40. The molecule has 1 aromatic rings. The van der Waals surface area contributed by atoms with Crippen molar-refractivity contribution in [1.29, 1.82) is 0 Å². The Labute approximate surface area is 151 Å². The van der Waals surface area contributed by atoms with Crippen LogP contribution in [-0.2, 0) is 27.4 Å². The Bertz CT molecular complexity index is 707. The lowest BCUT2D eigenvalue weighted by molar-refractivity contribution is -0.148. The average Bonchev–Trinajstić information content (AvgIpc) is 3.23. The lowest BCUT2D eigenvalue weighted by Gasteiger charge is -2.21. The number of likely N-dealkylation sites (tertiary alicyclic amines) is 1. The Morgan fingerprint density at radius 3 is 2.46 bits per heavy atom. The number of ether oxygens (including phenoxy) is 1. The van der Waals surface area contributed by atoms with Gasteiger partial charge in [0.05, 0.1) is 6.54 Å². The Hall–Kier alpha value is -2.83. The predicted molar refractivity (Wildman–Crippen MR) is 93.1 cm³/mol. The molecule has 7 nitrogen and oxygen atoms in total. The molecule has 0 bridgehead atoms. The Morgan fingerprint density at radius 2 is 1.88 bits per heavy atom. The van der Waals surface area contributed by atoms with Crippen molar-refractivity contribution in [3.63, 3.8) is 0 Å². The summed E-state index contributed by atoms with van der Waals surface area (Å²) in [4.78, 5) is 39.0. The highest BCUT2D eigenvalue weighted by molar-refractivity contribution is 5.84. The minimum atomic E-state index is -1.08. The largest absolute Gasteiger partial charge is 0.480 e. The second-order valence-corrected chi connectivity index (χ2v) is 6.59. The quantitative estimate of drug-likeness (QED) is 0.815. The number of carbonyl (C=O) groups excluding carboxylic acids is 2. The van der Waals surface area contributed by atoms with Crippen LogP contribution in [-0.4, -0.2) is 51.6 Å². The van der Waals surface area contributed by atoms with Crippen molar-refractivity contribution < 1.29 is 24.2 Å². The summed E-state index contributed by atoms with van der Waals surface area (Å²) < 4.78 is 5.50. The van der Waals surface area contributed by atoms with Gasteiger partial charge >= 0.3 is 12.1 Å². The third kappa shape index (κ3) is 3.71. The van der Waals surface area contributed by atoms with Gasteiger partial charge in [0, 0.05) is 25.9 Å². The molecule has 2 aliphatic rings. The van der Waals surface area contributed by atoms with E-state index in [1.807, 2.05) is 24.3 Å². The number of rotatable bonds is 5. The molecule has 1 saturated heterocycles. The van der Waals surface area contributed by atoms with Crippen LogP contribution in [0.25, 0.3) is 0 Å². The van der Waals surface area contributed by atoms with E-state index in [-0.39, 0.29) is 25.3 Å². The van der Waals surface area contributed by atoms with Gasteiger partial charge in [-0.1, -0.05) is 30.3 Å². The van der Waals surface area contributed by atoms with Gasteiger partial charge in [-0.25, -0.2) is 9.59 Å². The topological polar surface area (TPSA) is 87.2 Å². The molecule has 3 rings (SSSR count). The molecule has 0 aliphatic carbocycles. The van der Waals surface area contributed by atoms with Gasteiger partial charge in [0.1, 0.15) is 12.1 Å². The van der Waals surface area contributed by atoms with E-state index in [0.717, 1.165) is 11.1 Å². The van der Waals surface area contributed by atoms with Crippen molar-refractivity contribution in [1.82, 2.24) is 9.80 Å². The summed E-state index contributed by atoms with van der Waals surface area (Å²) in [5.41, 5.74) is 2.17. The highest BCUT2D eigenvalue weighted by atomic mass is 16.6. The van der Waals surface area contributed by atoms with Gasteiger partial charge in [0.25, 0.3) is 0 Å². The third-order valence-corrected chi connectivity index (χ3v) is 4.80. The number of carboxylic acid groups (broad SMARTS) is 1. The molecule has 2 atom stereocenters. The molecule has 0 aromatic heterocycles. The van der Waals surface area contributed by atoms with E-state index >= 15 is 0 Å². The van der Waals surface area contributed by atoms with E-state index in [1.54, 1.807) is 11.0 Å². The summed E-state index contributed by atoms with van der Waals surface area (Å²) in [6.07, 6.45) is 1.33. The number of hydrogen-bond donors (Lipinski definition) is 1. The van der Waals surface area contributed by atoms with E-state index in [9.17, 15) is 19.5 Å². The van der Waals surface area contributed by atoms with Crippen molar-refractivity contribution >= 4 is 18.0 Å². The smallest absolute Gasteiger partial charge is 0.410 e. The Balaban J connectivity index is 1.60. The summed E-state index contributed by atoms with van der Waals surface area (Å²) in [6, 6.07) is 6.84. The van der Waals surface area contributed by atoms with Crippen LogP contribution in [0.15, 0.2) is 36.9 Å². The van der Waals surface area contributed by atoms with Gasteiger partial charge in [0.2, 0.25) is 5.91 Å².